The van der Waals surface area contributed by atoms with Gasteiger partial charge in [0, 0.05) is 38.6 Å². The van der Waals surface area contributed by atoms with E-state index in [2.05, 4.69) is 125 Å². The smallest absolute Gasteiger partial charge is 0.190 e. The molecule has 2 heterocycles. The quantitative estimate of drug-likeness (QED) is 0.178. The highest BCUT2D eigenvalue weighted by Gasteiger charge is 2.15. The molecule has 0 fully saturated rings. The maximum Gasteiger partial charge on any atom is 0.190 e. The Morgan fingerprint density at radius 1 is 0.469 bits per heavy atom. The molecule has 0 amide bonds. The van der Waals surface area contributed by atoms with Crippen molar-refractivity contribution >= 4 is 66.6 Å². The van der Waals surface area contributed by atoms with Gasteiger partial charge in [-0.25, -0.2) is 4.85 Å². The fraction of sp³-hybridized carbons (Fsp3) is 0. The Kier molecular flexibility index (Phi) is 6.50. The first kappa shape index (κ1) is 28.2. The molecule has 0 spiro atoms. The molecule has 0 unspecified atom stereocenters. The summed E-state index contributed by atoms with van der Waals surface area (Å²) in [5.74, 6) is 0. The van der Waals surface area contributed by atoms with Crippen LogP contribution in [0.5, 0.6) is 0 Å². The molecule has 2 aromatic heterocycles. The SMILES string of the molecule is [C-]#[N+]c1ccc2c(c1)oc1cc(-c3ccc(N(c4ccccc4)c4ccc(-c5ccc6c(c5)oc5cc(C#N)ccc56)cc4)cc3)ccc12. The van der Waals surface area contributed by atoms with Crippen molar-refractivity contribution in [1.29, 1.82) is 5.26 Å². The Hall–Kier alpha value is -7.08. The lowest BCUT2D eigenvalue weighted by Crippen LogP contribution is -2.09. The van der Waals surface area contributed by atoms with Crippen LogP contribution in [0, 0.1) is 17.9 Å². The molecular weight excluding hydrogens is 603 g/mol. The van der Waals surface area contributed by atoms with Crippen LogP contribution in [0.15, 0.2) is 160 Å². The molecule has 0 saturated carbocycles. The number of nitriles is 1. The number of para-hydroxylation sites is 1. The first-order valence-electron chi connectivity index (χ1n) is 15.9. The van der Waals surface area contributed by atoms with E-state index in [4.69, 9.17) is 15.4 Å². The minimum Gasteiger partial charge on any atom is -0.457 e. The van der Waals surface area contributed by atoms with Crippen molar-refractivity contribution in [3.8, 4) is 28.3 Å². The third-order valence-electron chi connectivity index (χ3n) is 9.12. The van der Waals surface area contributed by atoms with E-state index < -0.39 is 0 Å². The Labute approximate surface area is 281 Å². The van der Waals surface area contributed by atoms with Crippen molar-refractivity contribution in [3.05, 3.63) is 169 Å². The van der Waals surface area contributed by atoms with Crippen LogP contribution < -0.4 is 4.90 Å². The second kappa shape index (κ2) is 11.3. The highest BCUT2D eigenvalue weighted by atomic mass is 16.3. The van der Waals surface area contributed by atoms with Crippen LogP contribution in [0.2, 0.25) is 0 Å². The summed E-state index contributed by atoms with van der Waals surface area (Å²) in [6.07, 6.45) is 0. The van der Waals surface area contributed by atoms with Crippen molar-refractivity contribution in [1.82, 2.24) is 0 Å². The van der Waals surface area contributed by atoms with Gasteiger partial charge in [0.1, 0.15) is 22.3 Å². The van der Waals surface area contributed by atoms with Crippen LogP contribution in [0.1, 0.15) is 5.56 Å². The predicted molar refractivity (Wildman–Crippen MR) is 198 cm³/mol. The molecular formula is C44H25N3O2. The van der Waals surface area contributed by atoms with E-state index in [9.17, 15) is 5.26 Å². The molecule has 5 nitrogen and oxygen atoms in total. The fourth-order valence-corrected chi connectivity index (χ4v) is 6.67. The van der Waals surface area contributed by atoms with E-state index in [1.54, 1.807) is 12.1 Å². The summed E-state index contributed by atoms with van der Waals surface area (Å²) in [5.41, 5.74) is 11.6. The van der Waals surface area contributed by atoms with Gasteiger partial charge in [-0.3, -0.25) is 0 Å². The maximum absolute atomic E-state index is 9.29. The molecule has 0 N–H and O–H groups in total. The highest BCUT2D eigenvalue weighted by Crippen LogP contribution is 2.39. The number of furan rings is 2. The molecule has 9 rings (SSSR count). The molecule has 0 atom stereocenters. The number of anilines is 3. The van der Waals surface area contributed by atoms with Gasteiger partial charge < -0.3 is 13.7 Å². The molecule has 0 radical (unpaired) electrons. The fourth-order valence-electron chi connectivity index (χ4n) is 6.67. The Morgan fingerprint density at radius 3 is 1.45 bits per heavy atom. The molecule has 49 heavy (non-hydrogen) atoms. The average Bonchev–Trinajstić information content (AvgIpc) is 3.72. The average molecular weight is 628 g/mol. The van der Waals surface area contributed by atoms with Crippen molar-refractivity contribution in [2.24, 2.45) is 0 Å². The van der Waals surface area contributed by atoms with Crippen molar-refractivity contribution in [2.75, 3.05) is 4.90 Å². The molecule has 228 valence electrons. The normalized spacial score (nSPS) is 11.2. The zero-order valence-electron chi connectivity index (χ0n) is 26.1. The summed E-state index contributed by atoms with van der Waals surface area (Å²) >= 11 is 0. The number of fused-ring (bicyclic) bond motifs is 6. The van der Waals surface area contributed by atoms with Gasteiger partial charge in [-0.2, -0.15) is 5.26 Å². The second-order valence-electron chi connectivity index (χ2n) is 12.0. The zero-order chi connectivity index (χ0) is 32.9. The Balaban J connectivity index is 1.04. The summed E-state index contributed by atoms with van der Waals surface area (Å²) < 4.78 is 12.3. The first-order valence-corrected chi connectivity index (χ1v) is 15.9. The molecule has 0 aliphatic heterocycles. The largest absolute Gasteiger partial charge is 0.457 e. The molecule has 0 bridgehead atoms. The Morgan fingerprint density at radius 2 is 0.918 bits per heavy atom. The van der Waals surface area contributed by atoms with Gasteiger partial charge in [-0.15, -0.1) is 0 Å². The summed E-state index contributed by atoms with van der Waals surface area (Å²) in [5, 5.41) is 13.4. The molecule has 5 heteroatoms. The van der Waals surface area contributed by atoms with E-state index >= 15 is 0 Å². The predicted octanol–water partition coefficient (Wildman–Crippen LogP) is 12.7. The van der Waals surface area contributed by atoms with Crippen LogP contribution in [0.4, 0.5) is 22.7 Å². The van der Waals surface area contributed by atoms with Gasteiger partial charge in [0.05, 0.1) is 18.2 Å². The van der Waals surface area contributed by atoms with Gasteiger partial charge in [0.25, 0.3) is 0 Å². The number of hydrogen-bond acceptors (Lipinski definition) is 4. The van der Waals surface area contributed by atoms with E-state index in [0.29, 0.717) is 11.3 Å². The van der Waals surface area contributed by atoms with Gasteiger partial charge in [0.2, 0.25) is 0 Å². The lowest BCUT2D eigenvalue weighted by molar-refractivity contribution is 0.668. The summed E-state index contributed by atoms with van der Waals surface area (Å²) in [6, 6.07) is 53.4. The van der Waals surface area contributed by atoms with Gasteiger partial charge in [0.15, 0.2) is 5.69 Å². The van der Waals surface area contributed by atoms with Crippen molar-refractivity contribution < 1.29 is 8.83 Å². The van der Waals surface area contributed by atoms with E-state index in [0.717, 1.165) is 83.2 Å². The Bertz CT molecular complexity index is 2600. The van der Waals surface area contributed by atoms with Gasteiger partial charge in [-0.1, -0.05) is 66.7 Å². The number of benzene rings is 7. The summed E-state index contributed by atoms with van der Waals surface area (Å²) in [6.45, 7) is 7.32. The van der Waals surface area contributed by atoms with Gasteiger partial charge >= 0.3 is 0 Å². The monoisotopic (exact) mass is 627 g/mol. The van der Waals surface area contributed by atoms with E-state index in [1.807, 2.05) is 30.3 Å². The summed E-state index contributed by atoms with van der Waals surface area (Å²) in [4.78, 5) is 5.79. The number of hydrogen-bond donors (Lipinski definition) is 0. The first-order chi connectivity index (χ1) is 24.1. The van der Waals surface area contributed by atoms with E-state index in [1.165, 1.54) is 0 Å². The van der Waals surface area contributed by atoms with Crippen molar-refractivity contribution in [2.45, 2.75) is 0 Å². The lowest BCUT2D eigenvalue weighted by Gasteiger charge is -2.26. The summed E-state index contributed by atoms with van der Waals surface area (Å²) in [7, 11) is 0. The molecule has 0 aliphatic rings. The van der Waals surface area contributed by atoms with E-state index in [-0.39, 0.29) is 0 Å². The zero-order valence-corrected chi connectivity index (χ0v) is 26.1. The topological polar surface area (TPSA) is 57.7 Å². The molecule has 0 saturated heterocycles. The minimum absolute atomic E-state index is 0.570. The minimum atomic E-state index is 0.570. The second-order valence-corrected chi connectivity index (χ2v) is 12.0. The van der Waals surface area contributed by atoms with Crippen LogP contribution >= 0.6 is 0 Å². The van der Waals surface area contributed by atoms with Crippen LogP contribution in [-0.4, -0.2) is 0 Å². The standard InChI is InChI=1S/C44H25N3O2/c1-46-33-14-22-40-39-21-13-32(25-43(39)49-44(40)26-33)30-10-17-36(18-11-30)47(34-5-3-2-4-6-34)35-15-8-29(9-16-35)31-12-20-38-37-19-7-28(27-45)23-41(37)48-42(38)24-31/h2-26H. The third kappa shape index (κ3) is 4.86. The van der Waals surface area contributed by atoms with Crippen LogP contribution in [0.25, 0.3) is 71.0 Å². The lowest BCUT2D eigenvalue weighted by atomic mass is 10.0. The van der Waals surface area contributed by atoms with Crippen LogP contribution in [-0.2, 0) is 0 Å². The van der Waals surface area contributed by atoms with Crippen molar-refractivity contribution in [3.63, 3.8) is 0 Å². The highest BCUT2D eigenvalue weighted by molar-refractivity contribution is 6.07. The third-order valence-corrected chi connectivity index (χ3v) is 9.12. The number of nitrogens with zero attached hydrogens (tertiary/aromatic N) is 3. The molecule has 0 aliphatic carbocycles. The molecule has 7 aromatic carbocycles. The van der Waals surface area contributed by atoms with Gasteiger partial charge in [-0.05, 0) is 107 Å². The number of rotatable bonds is 5. The molecule has 9 aromatic rings. The maximum atomic E-state index is 9.29. The van der Waals surface area contributed by atoms with Crippen LogP contribution in [0.3, 0.4) is 0 Å².